The van der Waals surface area contributed by atoms with Gasteiger partial charge in [0, 0.05) is 25.2 Å². The van der Waals surface area contributed by atoms with Crippen LogP contribution in [-0.4, -0.2) is 21.0 Å². The SMILES string of the molecule is NOC(CCC(=O)O)=C(Cc1ncc[nH]1)C1CCCCC1. The van der Waals surface area contributed by atoms with Gasteiger partial charge in [-0.25, -0.2) is 4.98 Å². The predicted octanol–water partition coefficient (Wildman–Crippen LogP) is 2.54. The quantitative estimate of drug-likeness (QED) is 0.529. The number of H-pyrrole nitrogens is 1. The lowest BCUT2D eigenvalue weighted by molar-refractivity contribution is -0.137. The molecule has 2 rings (SSSR count). The smallest absolute Gasteiger partial charge is 0.303 e. The van der Waals surface area contributed by atoms with Crippen molar-refractivity contribution in [2.24, 2.45) is 11.8 Å². The summed E-state index contributed by atoms with van der Waals surface area (Å²) in [6, 6.07) is 0. The average molecular weight is 293 g/mol. The molecule has 21 heavy (non-hydrogen) atoms. The summed E-state index contributed by atoms with van der Waals surface area (Å²) in [6.07, 6.45) is 10.4. The number of allylic oxidation sites excluding steroid dienone is 2. The van der Waals surface area contributed by atoms with Gasteiger partial charge in [-0.15, -0.1) is 0 Å². The Kier molecular flexibility index (Phi) is 5.80. The maximum absolute atomic E-state index is 10.8. The minimum absolute atomic E-state index is 0.0287. The maximum Gasteiger partial charge on any atom is 0.303 e. The van der Waals surface area contributed by atoms with E-state index in [0.717, 1.165) is 24.2 Å². The van der Waals surface area contributed by atoms with E-state index in [1.54, 1.807) is 12.4 Å². The molecule has 0 saturated heterocycles. The molecule has 1 aromatic heterocycles. The summed E-state index contributed by atoms with van der Waals surface area (Å²) in [5.41, 5.74) is 1.11. The van der Waals surface area contributed by atoms with E-state index in [1.807, 2.05) is 0 Å². The molecule has 0 aromatic carbocycles. The maximum atomic E-state index is 10.8. The number of aromatic amines is 1. The lowest BCUT2D eigenvalue weighted by Crippen LogP contribution is -2.17. The Bertz CT molecular complexity index is 476. The number of carbonyl (C=O) groups is 1. The van der Waals surface area contributed by atoms with E-state index in [1.165, 1.54) is 19.3 Å². The van der Waals surface area contributed by atoms with Crippen LogP contribution in [0.1, 0.15) is 50.8 Å². The molecule has 1 aromatic rings. The van der Waals surface area contributed by atoms with Gasteiger partial charge in [-0.3, -0.25) is 4.79 Å². The van der Waals surface area contributed by atoms with Crippen molar-refractivity contribution in [3.05, 3.63) is 29.6 Å². The highest BCUT2D eigenvalue weighted by Crippen LogP contribution is 2.34. The van der Waals surface area contributed by atoms with Gasteiger partial charge in [0.15, 0.2) is 0 Å². The number of aliphatic carboxylic acids is 1. The van der Waals surface area contributed by atoms with Crippen molar-refractivity contribution in [1.82, 2.24) is 9.97 Å². The number of aromatic nitrogens is 2. The second-order valence-electron chi connectivity index (χ2n) is 5.51. The number of nitrogens with two attached hydrogens (primary N) is 1. The predicted molar refractivity (Wildman–Crippen MR) is 78.0 cm³/mol. The molecular formula is C15H23N3O3. The van der Waals surface area contributed by atoms with Crippen LogP contribution in [0.2, 0.25) is 0 Å². The Morgan fingerprint density at radius 2 is 2.14 bits per heavy atom. The van der Waals surface area contributed by atoms with Gasteiger partial charge in [-0.05, 0) is 24.3 Å². The van der Waals surface area contributed by atoms with E-state index in [4.69, 9.17) is 15.8 Å². The highest BCUT2D eigenvalue weighted by atomic mass is 16.6. The average Bonchev–Trinajstić information content (AvgIpc) is 3.00. The standard InChI is InChI=1S/C15H23N3O3/c16-21-13(6-7-15(19)20)12(10-14-17-8-9-18-14)11-4-2-1-3-5-11/h8-9,11H,1-7,10,16H2,(H,17,18)(H,19,20). The van der Waals surface area contributed by atoms with Crippen LogP contribution < -0.4 is 5.90 Å². The van der Waals surface area contributed by atoms with Crippen LogP contribution in [0.3, 0.4) is 0 Å². The Labute approximate surface area is 124 Å². The molecule has 4 N–H and O–H groups in total. The van der Waals surface area contributed by atoms with Gasteiger partial charge < -0.3 is 14.9 Å². The van der Waals surface area contributed by atoms with Gasteiger partial charge in [-0.1, -0.05) is 19.3 Å². The summed E-state index contributed by atoms with van der Waals surface area (Å²) in [4.78, 5) is 23.2. The lowest BCUT2D eigenvalue weighted by atomic mass is 9.81. The van der Waals surface area contributed by atoms with Gasteiger partial charge in [-0.2, -0.15) is 5.90 Å². The molecule has 116 valence electrons. The molecule has 1 heterocycles. The third-order valence-electron chi connectivity index (χ3n) is 4.08. The minimum atomic E-state index is -0.842. The number of hydrogen-bond acceptors (Lipinski definition) is 4. The Morgan fingerprint density at radius 1 is 1.38 bits per heavy atom. The fourth-order valence-corrected chi connectivity index (χ4v) is 3.01. The highest BCUT2D eigenvalue weighted by Gasteiger charge is 2.23. The fraction of sp³-hybridized carbons (Fsp3) is 0.600. The van der Waals surface area contributed by atoms with Gasteiger partial charge in [0.05, 0.1) is 6.42 Å². The van der Waals surface area contributed by atoms with E-state index in [9.17, 15) is 4.79 Å². The molecule has 1 saturated carbocycles. The number of hydrogen-bond donors (Lipinski definition) is 3. The molecule has 0 aliphatic heterocycles. The summed E-state index contributed by atoms with van der Waals surface area (Å²) >= 11 is 0. The van der Waals surface area contributed by atoms with Crippen molar-refractivity contribution in [2.75, 3.05) is 0 Å². The van der Waals surface area contributed by atoms with E-state index in [2.05, 4.69) is 9.97 Å². The zero-order valence-electron chi connectivity index (χ0n) is 12.2. The molecule has 0 radical (unpaired) electrons. The van der Waals surface area contributed by atoms with Crippen molar-refractivity contribution in [1.29, 1.82) is 0 Å². The zero-order valence-corrected chi connectivity index (χ0v) is 12.2. The van der Waals surface area contributed by atoms with Crippen LogP contribution in [0.25, 0.3) is 0 Å². The topological polar surface area (TPSA) is 101 Å². The number of carboxylic acid groups (broad SMARTS) is 1. The van der Waals surface area contributed by atoms with Crippen LogP contribution in [0.4, 0.5) is 0 Å². The lowest BCUT2D eigenvalue weighted by Gasteiger charge is -2.26. The molecule has 1 aliphatic rings. The van der Waals surface area contributed by atoms with E-state index in [0.29, 0.717) is 24.5 Å². The number of carboxylic acids is 1. The summed E-state index contributed by atoms with van der Waals surface area (Å²) < 4.78 is 0. The Hall–Kier alpha value is -1.82. The van der Waals surface area contributed by atoms with Crippen LogP contribution in [0.15, 0.2) is 23.7 Å². The van der Waals surface area contributed by atoms with Crippen molar-refractivity contribution in [3.63, 3.8) is 0 Å². The first kappa shape index (κ1) is 15.6. The second kappa shape index (κ2) is 7.83. The molecule has 0 bridgehead atoms. The molecule has 1 fully saturated rings. The molecule has 0 spiro atoms. The van der Waals surface area contributed by atoms with Gasteiger partial charge in [0.1, 0.15) is 11.6 Å². The number of rotatable bonds is 7. The molecule has 6 heteroatoms. The van der Waals surface area contributed by atoms with Crippen molar-refractivity contribution < 1.29 is 14.7 Å². The minimum Gasteiger partial charge on any atom is -0.481 e. The Balaban J connectivity index is 2.20. The number of nitrogens with zero attached hydrogens (tertiary/aromatic N) is 1. The van der Waals surface area contributed by atoms with E-state index in [-0.39, 0.29) is 6.42 Å². The van der Waals surface area contributed by atoms with Crippen LogP contribution in [0.5, 0.6) is 0 Å². The van der Waals surface area contributed by atoms with Gasteiger partial charge >= 0.3 is 5.97 Å². The van der Waals surface area contributed by atoms with Crippen molar-refractivity contribution >= 4 is 5.97 Å². The van der Waals surface area contributed by atoms with Crippen LogP contribution in [0, 0.1) is 5.92 Å². The van der Waals surface area contributed by atoms with Gasteiger partial charge in [0.25, 0.3) is 0 Å². The first-order valence-corrected chi connectivity index (χ1v) is 7.49. The molecule has 0 unspecified atom stereocenters. The van der Waals surface area contributed by atoms with Crippen LogP contribution in [-0.2, 0) is 16.1 Å². The van der Waals surface area contributed by atoms with Gasteiger partial charge in [0.2, 0.25) is 0 Å². The normalized spacial score (nSPS) is 17.4. The second-order valence-corrected chi connectivity index (χ2v) is 5.51. The number of nitrogens with one attached hydrogen (secondary N) is 1. The van der Waals surface area contributed by atoms with Crippen LogP contribution >= 0.6 is 0 Å². The summed E-state index contributed by atoms with van der Waals surface area (Å²) in [7, 11) is 0. The summed E-state index contributed by atoms with van der Waals surface area (Å²) in [6.45, 7) is 0. The van der Waals surface area contributed by atoms with E-state index >= 15 is 0 Å². The Morgan fingerprint density at radius 3 is 2.71 bits per heavy atom. The third kappa shape index (κ3) is 4.60. The largest absolute Gasteiger partial charge is 0.481 e. The summed E-state index contributed by atoms with van der Waals surface area (Å²) in [5.74, 6) is 6.46. The molecular weight excluding hydrogens is 270 g/mol. The molecule has 0 amide bonds. The van der Waals surface area contributed by atoms with Crippen molar-refractivity contribution in [2.45, 2.75) is 51.4 Å². The zero-order chi connectivity index (χ0) is 15.1. The fourth-order valence-electron chi connectivity index (χ4n) is 3.01. The molecule has 6 nitrogen and oxygen atoms in total. The van der Waals surface area contributed by atoms with Crippen molar-refractivity contribution in [3.8, 4) is 0 Å². The molecule has 0 atom stereocenters. The highest BCUT2D eigenvalue weighted by molar-refractivity contribution is 5.67. The van der Waals surface area contributed by atoms with E-state index < -0.39 is 5.97 Å². The summed E-state index contributed by atoms with van der Waals surface area (Å²) in [5, 5.41) is 8.87. The monoisotopic (exact) mass is 293 g/mol. The molecule has 1 aliphatic carbocycles. The first-order chi connectivity index (χ1) is 10.2. The third-order valence-corrected chi connectivity index (χ3v) is 4.08. The first-order valence-electron chi connectivity index (χ1n) is 7.49. The number of imidazole rings is 1.